The van der Waals surface area contributed by atoms with Crippen molar-refractivity contribution in [2.24, 2.45) is 0 Å². The van der Waals surface area contributed by atoms with Crippen molar-refractivity contribution in [1.82, 2.24) is 9.55 Å². The van der Waals surface area contributed by atoms with Crippen molar-refractivity contribution in [2.75, 3.05) is 11.9 Å². The molecule has 0 N–H and O–H groups in total. The van der Waals surface area contributed by atoms with Gasteiger partial charge in [0.05, 0.1) is 17.8 Å². The minimum absolute atomic E-state index is 0.156. The normalized spacial score (nSPS) is 10.8. The van der Waals surface area contributed by atoms with Crippen molar-refractivity contribution in [2.45, 2.75) is 6.54 Å². The molecule has 4 rings (SSSR count). The van der Waals surface area contributed by atoms with E-state index < -0.39 is 0 Å². The van der Waals surface area contributed by atoms with Crippen molar-refractivity contribution >= 4 is 34.0 Å². The Morgan fingerprint density at radius 3 is 2.38 bits per heavy atom. The van der Waals surface area contributed by atoms with Crippen molar-refractivity contribution in [3.05, 3.63) is 106 Å². The summed E-state index contributed by atoms with van der Waals surface area (Å²) in [5.41, 5.74) is 1.76. The Labute approximate surface area is 172 Å². The van der Waals surface area contributed by atoms with Gasteiger partial charge in [0.25, 0.3) is 11.5 Å². The summed E-state index contributed by atoms with van der Waals surface area (Å²) in [5, 5.41) is 1.73. The number of fused-ring (bicyclic) bond motifs is 1. The predicted octanol–water partition coefficient (Wildman–Crippen LogP) is 4.37. The van der Waals surface area contributed by atoms with Gasteiger partial charge in [-0.3, -0.25) is 14.6 Å². The van der Waals surface area contributed by atoms with Crippen LogP contribution in [0, 0.1) is 0 Å². The molecular weight excluding hydrogens is 386 g/mol. The molecule has 0 atom stereocenters. The van der Waals surface area contributed by atoms with Crippen LogP contribution in [-0.2, 0) is 6.54 Å². The van der Waals surface area contributed by atoms with Crippen LogP contribution in [0.2, 0.25) is 5.02 Å². The first-order valence-electron chi connectivity index (χ1n) is 9.10. The fraction of sp³-hybridized carbons (Fsp3) is 0.0870. The Bertz CT molecular complexity index is 1230. The molecule has 0 saturated carbocycles. The third-order valence-corrected chi connectivity index (χ3v) is 5.05. The standard InChI is InChI=1S/C23H18ClN3O2/c1-26(18-11-9-16(24)10-12-18)22(28)21-15-27(14-17-6-4-5-13-25-17)23(29)20-8-3-2-7-19(20)21/h2-13,15H,14H2,1H3. The molecule has 2 aromatic carbocycles. The lowest BCUT2D eigenvalue weighted by molar-refractivity contribution is 0.0994. The van der Waals surface area contributed by atoms with Crippen LogP contribution in [0.3, 0.4) is 0 Å². The summed E-state index contributed by atoms with van der Waals surface area (Å²) < 4.78 is 1.54. The number of aromatic nitrogens is 2. The van der Waals surface area contributed by atoms with Gasteiger partial charge in [-0.2, -0.15) is 0 Å². The number of carbonyl (C=O) groups excluding carboxylic acids is 1. The average Bonchev–Trinajstić information content (AvgIpc) is 2.76. The summed E-state index contributed by atoms with van der Waals surface area (Å²) in [5.74, 6) is -0.210. The van der Waals surface area contributed by atoms with Crippen molar-refractivity contribution in [3.8, 4) is 0 Å². The molecule has 0 unspecified atom stereocenters. The highest BCUT2D eigenvalue weighted by atomic mass is 35.5. The molecule has 6 heteroatoms. The maximum Gasteiger partial charge on any atom is 0.260 e. The Kier molecular flexibility index (Phi) is 5.14. The van der Waals surface area contributed by atoms with Crippen molar-refractivity contribution in [1.29, 1.82) is 0 Å². The number of carbonyl (C=O) groups is 1. The van der Waals surface area contributed by atoms with Gasteiger partial charge < -0.3 is 9.47 Å². The predicted molar refractivity (Wildman–Crippen MR) is 116 cm³/mol. The highest BCUT2D eigenvalue weighted by molar-refractivity contribution is 6.30. The van der Waals surface area contributed by atoms with Gasteiger partial charge in [-0.25, -0.2) is 0 Å². The molecule has 2 aromatic heterocycles. The summed E-state index contributed by atoms with van der Waals surface area (Å²) in [6.07, 6.45) is 3.30. The first-order chi connectivity index (χ1) is 14.0. The largest absolute Gasteiger partial charge is 0.311 e. The van der Waals surface area contributed by atoms with Crippen LogP contribution in [0.4, 0.5) is 5.69 Å². The van der Waals surface area contributed by atoms with Gasteiger partial charge in [-0.15, -0.1) is 0 Å². The van der Waals surface area contributed by atoms with E-state index >= 15 is 0 Å². The van der Waals surface area contributed by atoms with Crippen molar-refractivity contribution in [3.63, 3.8) is 0 Å². The molecule has 29 heavy (non-hydrogen) atoms. The van der Waals surface area contributed by atoms with Crippen LogP contribution in [-0.4, -0.2) is 22.5 Å². The summed E-state index contributed by atoms with van der Waals surface area (Å²) in [6.45, 7) is 0.287. The molecule has 5 nitrogen and oxygen atoms in total. The third-order valence-electron chi connectivity index (χ3n) is 4.80. The second kappa shape index (κ2) is 7.89. The van der Waals surface area contributed by atoms with E-state index in [-0.39, 0.29) is 18.0 Å². The molecule has 4 aromatic rings. The van der Waals surface area contributed by atoms with E-state index in [1.165, 1.54) is 4.57 Å². The van der Waals surface area contributed by atoms with Crippen LogP contribution >= 0.6 is 11.6 Å². The quantitative estimate of drug-likeness (QED) is 0.508. The van der Waals surface area contributed by atoms with Gasteiger partial charge in [0.1, 0.15) is 0 Å². The Morgan fingerprint density at radius 2 is 1.69 bits per heavy atom. The van der Waals surface area contributed by atoms with Gasteiger partial charge in [0.15, 0.2) is 0 Å². The number of anilines is 1. The van der Waals surface area contributed by atoms with Crippen LogP contribution in [0.25, 0.3) is 10.8 Å². The zero-order valence-corrected chi connectivity index (χ0v) is 16.5. The summed E-state index contributed by atoms with van der Waals surface area (Å²) in [7, 11) is 1.70. The van der Waals surface area contributed by atoms with Crippen LogP contribution in [0.15, 0.2) is 83.9 Å². The summed E-state index contributed by atoms with van der Waals surface area (Å²) >= 11 is 5.96. The lowest BCUT2D eigenvalue weighted by Gasteiger charge is -2.19. The molecule has 0 saturated heterocycles. The zero-order valence-electron chi connectivity index (χ0n) is 15.7. The average molecular weight is 404 g/mol. The second-order valence-corrected chi connectivity index (χ2v) is 7.12. The molecule has 0 radical (unpaired) electrons. The number of hydrogen-bond donors (Lipinski definition) is 0. The van der Waals surface area contributed by atoms with Crippen molar-refractivity contribution < 1.29 is 4.79 Å². The number of amides is 1. The monoisotopic (exact) mass is 403 g/mol. The lowest BCUT2D eigenvalue weighted by Crippen LogP contribution is -2.29. The Balaban J connectivity index is 1.82. The van der Waals surface area contributed by atoms with Gasteiger partial charge in [0, 0.05) is 40.9 Å². The highest BCUT2D eigenvalue weighted by Crippen LogP contribution is 2.22. The highest BCUT2D eigenvalue weighted by Gasteiger charge is 2.19. The lowest BCUT2D eigenvalue weighted by atomic mass is 10.1. The number of pyridine rings is 2. The molecule has 1 amide bonds. The van der Waals surface area contributed by atoms with Crippen LogP contribution in [0.1, 0.15) is 16.1 Å². The van der Waals surface area contributed by atoms with Crippen LogP contribution in [0.5, 0.6) is 0 Å². The molecule has 2 heterocycles. The number of halogens is 1. The smallest absolute Gasteiger partial charge is 0.260 e. The first-order valence-corrected chi connectivity index (χ1v) is 9.48. The third kappa shape index (κ3) is 3.77. The minimum atomic E-state index is -0.210. The summed E-state index contributed by atoms with van der Waals surface area (Å²) in [4.78, 5) is 32.1. The maximum atomic E-state index is 13.3. The van der Waals surface area contributed by atoms with E-state index in [9.17, 15) is 9.59 Å². The summed E-state index contributed by atoms with van der Waals surface area (Å²) in [6, 6.07) is 19.7. The Hall–Kier alpha value is -3.44. The molecule has 144 valence electrons. The number of nitrogens with zero attached hydrogens (tertiary/aromatic N) is 3. The molecule has 0 aliphatic carbocycles. The van der Waals surface area contributed by atoms with E-state index in [1.807, 2.05) is 24.3 Å². The molecule has 0 aliphatic heterocycles. The molecule has 0 bridgehead atoms. The van der Waals surface area contributed by atoms with E-state index in [2.05, 4.69) is 4.98 Å². The molecule has 0 fully saturated rings. The maximum absolute atomic E-state index is 13.3. The van der Waals surface area contributed by atoms with E-state index in [0.717, 1.165) is 5.69 Å². The second-order valence-electron chi connectivity index (χ2n) is 6.68. The van der Waals surface area contributed by atoms with Gasteiger partial charge >= 0.3 is 0 Å². The molecule has 0 aliphatic rings. The van der Waals surface area contributed by atoms with E-state index in [1.54, 1.807) is 66.8 Å². The topological polar surface area (TPSA) is 55.2 Å². The fourth-order valence-electron chi connectivity index (χ4n) is 3.26. The zero-order chi connectivity index (χ0) is 20.4. The SMILES string of the molecule is CN(C(=O)c1cn(Cc2ccccn2)c(=O)c2ccccc12)c1ccc(Cl)cc1. The minimum Gasteiger partial charge on any atom is -0.311 e. The van der Waals surface area contributed by atoms with E-state index in [4.69, 9.17) is 11.6 Å². The fourth-order valence-corrected chi connectivity index (χ4v) is 3.39. The number of hydrogen-bond acceptors (Lipinski definition) is 3. The van der Waals surface area contributed by atoms with Gasteiger partial charge in [-0.05, 0) is 42.5 Å². The number of rotatable bonds is 4. The van der Waals surface area contributed by atoms with Gasteiger partial charge in [-0.1, -0.05) is 35.9 Å². The van der Waals surface area contributed by atoms with E-state index in [0.29, 0.717) is 27.0 Å². The van der Waals surface area contributed by atoms with Crippen LogP contribution < -0.4 is 10.5 Å². The number of benzene rings is 2. The van der Waals surface area contributed by atoms with Gasteiger partial charge in [0.2, 0.25) is 0 Å². The molecular formula is C23H18ClN3O2. The Morgan fingerprint density at radius 1 is 1.00 bits per heavy atom. The molecule has 0 spiro atoms. The first kappa shape index (κ1) is 18.9.